The predicted molar refractivity (Wildman–Crippen MR) is 122 cm³/mol. The number of hydrogen-bond donors (Lipinski definition) is 0. The van der Waals surface area contributed by atoms with Crippen molar-refractivity contribution >= 4 is 47.1 Å². The molecule has 4 rings (SSSR count). The van der Waals surface area contributed by atoms with Gasteiger partial charge in [0, 0.05) is 23.1 Å². The van der Waals surface area contributed by atoms with Crippen LogP contribution in [-0.2, 0) is 20.9 Å². The van der Waals surface area contributed by atoms with Crippen molar-refractivity contribution < 1.29 is 19.2 Å². The first-order valence-corrected chi connectivity index (χ1v) is 11.1. The number of rotatable bonds is 6. The largest absolute Gasteiger partial charge is 0.459 e. The van der Waals surface area contributed by atoms with Gasteiger partial charge < -0.3 is 9.64 Å². The van der Waals surface area contributed by atoms with Crippen molar-refractivity contribution in [1.82, 2.24) is 4.90 Å². The molecule has 2 saturated heterocycles. The van der Waals surface area contributed by atoms with Gasteiger partial charge in [-0.15, -0.1) is 11.8 Å². The zero-order chi connectivity index (χ0) is 23.1. The normalized spacial score (nSPS) is 26.0. The minimum Gasteiger partial charge on any atom is -0.459 e. The lowest BCUT2D eigenvalue weighted by Crippen LogP contribution is -2.70. The number of β-lactam (4-membered cyclic amide) rings is 1. The van der Waals surface area contributed by atoms with Crippen LogP contribution in [0, 0.1) is 10.1 Å². The van der Waals surface area contributed by atoms with Crippen molar-refractivity contribution in [2.24, 2.45) is 4.99 Å². The maximum absolute atomic E-state index is 13.0. The molecule has 2 heterocycles. The quantitative estimate of drug-likeness (QED) is 0.120. The van der Waals surface area contributed by atoms with E-state index in [1.54, 1.807) is 0 Å². The van der Waals surface area contributed by atoms with E-state index in [4.69, 9.17) is 16.3 Å². The van der Waals surface area contributed by atoms with Gasteiger partial charge in [0.2, 0.25) is 5.00 Å². The number of alkyl halides is 1. The van der Waals surface area contributed by atoms with Crippen molar-refractivity contribution in [3.05, 3.63) is 75.8 Å². The summed E-state index contributed by atoms with van der Waals surface area (Å²) in [5.74, 6) is -0.956. The first kappa shape index (κ1) is 22.3. The van der Waals surface area contributed by atoms with Gasteiger partial charge in [-0.25, -0.2) is 4.79 Å². The van der Waals surface area contributed by atoms with Gasteiger partial charge in [0.1, 0.15) is 18.0 Å². The van der Waals surface area contributed by atoms with Crippen LogP contribution in [0.15, 0.2) is 59.6 Å². The highest BCUT2D eigenvalue weighted by atomic mass is 35.5. The molecule has 2 aromatic carbocycles. The number of carbonyl (C=O) groups is 2. The average Bonchev–Trinajstić information content (AvgIpc) is 3.06. The van der Waals surface area contributed by atoms with Crippen molar-refractivity contribution in [2.75, 3.05) is 0 Å². The molecule has 1 amide bonds. The number of nitro benzene ring substituents is 1. The third-order valence-corrected chi connectivity index (χ3v) is 7.64. The van der Waals surface area contributed by atoms with Crippen LogP contribution in [0.2, 0.25) is 0 Å². The number of nitrogens with zero attached hydrogens (tertiary/aromatic N) is 3. The molecule has 10 heteroatoms. The number of halogens is 1. The smallest absolute Gasteiger partial charge is 0.330 e. The summed E-state index contributed by atoms with van der Waals surface area (Å²) in [6.45, 7) is 3.86. The summed E-state index contributed by atoms with van der Waals surface area (Å²) in [6.07, 6.45) is 1.42. The molecule has 0 radical (unpaired) electrons. The van der Waals surface area contributed by atoms with Crippen LogP contribution in [0.3, 0.4) is 0 Å². The molecule has 0 aromatic heterocycles. The van der Waals surface area contributed by atoms with E-state index in [2.05, 4.69) is 4.99 Å². The number of ether oxygens (including phenoxy) is 1. The van der Waals surface area contributed by atoms with Gasteiger partial charge in [-0.05, 0) is 37.1 Å². The SMILES string of the molecule is CC1(C)S[C@H]2N(C(=O)C2(Cl)/N=C/c2ccc([N+](=O)[O-])cc2)[C@H]1C(=O)OCc1ccccc1. The second-order valence-electron chi connectivity index (χ2n) is 8.06. The topological polar surface area (TPSA) is 102 Å². The number of non-ortho nitro benzene ring substituents is 1. The Morgan fingerprint density at radius 2 is 1.91 bits per heavy atom. The molecule has 0 N–H and O–H groups in total. The molecule has 2 aliphatic heterocycles. The lowest BCUT2D eigenvalue weighted by atomic mass is 9.95. The number of hydrogen-bond acceptors (Lipinski definition) is 7. The Bertz CT molecular complexity index is 1090. The van der Waals surface area contributed by atoms with Crippen molar-refractivity contribution in [2.45, 2.75) is 41.6 Å². The summed E-state index contributed by atoms with van der Waals surface area (Å²) in [5, 5.41) is 10.3. The molecular weight excluding hydrogens is 454 g/mol. The molecule has 3 atom stereocenters. The molecule has 1 unspecified atom stereocenters. The fourth-order valence-electron chi connectivity index (χ4n) is 3.76. The summed E-state index contributed by atoms with van der Waals surface area (Å²) in [4.78, 5) is 40.3. The van der Waals surface area contributed by atoms with E-state index in [9.17, 15) is 19.7 Å². The Labute approximate surface area is 193 Å². The molecule has 0 saturated carbocycles. The fourth-order valence-corrected chi connectivity index (χ4v) is 5.71. The molecule has 8 nitrogen and oxygen atoms in total. The van der Waals surface area contributed by atoms with Crippen LogP contribution in [0.4, 0.5) is 5.69 Å². The van der Waals surface area contributed by atoms with Gasteiger partial charge >= 0.3 is 5.97 Å². The first-order chi connectivity index (χ1) is 15.1. The Balaban J connectivity index is 1.48. The van der Waals surface area contributed by atoms with Crippen LogP contribution < -0.4 is 0 Å². The molecule has 0 bridgehead atoms. The van der Waals surface area contributed by atoms with Gasteiger partial charge in [-0.1, -0.05) is 41.9 Å². The van der Waals surface area contributed by atoms with Crippen LogP contribution >= 0.6 is 23.4 Å². The molecule has 0 aliphatic carbocycles. The Kier molecular flexibility index (Phi) is 5.72. The number of aliphatic imine (C=N–C) groups is 1. The van der Waals surface area contributed by atoms with Crippen molar-refractivity contribution in [3.63, 3.8) is 0 Å². The Morgan fingerprint density at radius 3 is 2.53 bits per heavy atom. The summed E-state index contributed by atoms with van der Waals surface area (Å²) < 4.78 is 4.88. The van der Waals surface area contributed by atoms with Gasteiger partial charge in [0.15, 0.2) is 0 Å². The summed E-state index contributed by atoms with van der Waals surface area (Å²) in [6, 6.07) is 14.3. The number of benzene rings is 2. The molecule has 0 spiro atoms. The van der Waals surface area contributed by atoms with E-state index in [1.165, 1.54) is 47.1 Å². The highest BCUT2D eigenvalue weighted by Crippen LogP contribution is 2.57. The Hall–Kier alpha value is -2.91. The number of nitro groups is 1. The molecule has 2 aliphatic rings. The number of carbonyl (C=O) groups excluding carboxylic acids is 2. The predicted octanol–water partition coefficient (Wildman–Crippen LogP) is 3.75. The Morgan fingerprint density at radius 1 is 1.25 bits per heavy atom. The lowest BCUT2D eigenvalue weighted by molar-refractivity contribution is -0.384. The summed E-state index contributed by atoms with van der Waals surface area (Å²) in [7, 11) is 0. The molecule has 2 aromatic rings. The number of thioether (sulfide) groups is 1. The highest BCUT2D eigenvalue weighted by molar-refractivity contribution is 8.01. The molecular formula is C22H20ClN3O5S. The number of esters is 1. The van der Waals surface area contributed by atoms with Gasteiger partial charge in [-0.2, -0.15) is 0 Å². The third kappa shape index (κ3) is 3.86. The van der Waals surface area contributed by atoms with Gasteiger partial charge in [0.25, 0.3) is 11.6 Å². The number of amides is 1. The third-order valence-electron chi connectivity index (χ3n) is 5.42. The molecule has 2 fully saturated rings. The van der Waals surface area contributed by atoms with Crippen LogP contribution in [0.5, 0.6) is 0 Å². The molecule has 166 valence electrons. The maximum atomic E-state index is 13.0. The fraction of sp³-hybridized carbons (Fsp3) is 0.318. The van der Waals surface area contributed by atoms with Gasteiger partial charge in [-0.3, -0.25) is 19.9 Å². The first-order valence-electron chi connectivity index (χ1n) is 9.83. The average molecular weight is 474 g/mol. The van der Waals surface area contributed by atoms with Crippen molar-refractivity contribution in [1.29, 1.82) is 0 Å². The van der Waals surface area contributed by atoms with Crippen LogP contribution in [0.1, 0.15) is 25.0 Å². The second kappa shape index (κ2) is 8.22. The standard InChI is InChI=1S/C22H20ClN3O5S/c1-21(2)17(18(27)31-13-15-6-4-3-5-7-15)25-19(28)22(23,20(25)32-21)24-12-14-8-10-16(11-9-14)26(29)30/h3-12,17,20H,13H2,1-2H3/b24-12+/t17-,20+,22?/m0/s1. The zero-order valence-corrected chi connectivity index (χ0v) is 18.9. The van der Waals surface area contributed by atoms with Crippen LogP contribution in [0.25, 0.3) is 0 Å². The van der Waals surface area contributed by atoms with Gasteiger partial charge in [0.05, 0.1) is 4.92 Å². The minimum absolute atomic E-state index is 0.0430. The van der Waals surface area contributed by atoms with E-state index in [1.807, 2.05) is 44.2 Å². The summed E-state index contributed by atoms with van der Waals surface area (Å²) >= 11 is 7.99. The number of fused-ring (bicyclic) bond motifs is 1. The highest BCUT2D eigenvalue weighted by Gasteiger charge is 2.71. The zero-order valence-electron chi connectivity index (χ0n) is 17.3. The van der Waals surface area contributed by atoms with E-state index in [0.717, 1.165) is 5.56 Å². The van der Waals surface area contributed by atoms with E-state index < -0.39 is 38.0 Å². The van der Waals surface area contributed by atoms with E-state index in [-0.39, 0.29) is 12.3 Å². The van der Waals surface area contributed by atoms with E-state index in [0.29, 0.717) is 5.56 Å². The minimum atomic E-state index is -1.54. The lowest BCUT2D eigenvalue weighted by Gasteiger charge is -2.47. The monoisotopic (exact) mass is 473 g/mol. The molecule has 32 heavy (non-hydrogen) atoms. The summed E-state index contributed by atoms with van der Waals surface area (Å²) in [5.41, 5.74) is 1.39. The maximum Gasteiger partial charge on any atom is 0.330 e. The van der Waals surface area contributed by atoms with Crippen molar-refractivity contribution in [3.8, 4) is 0 Å². The van der Waals surface area contributed by atoms with E-state index >= 15 is 0 Å². The second-order valence-corrected chi connectivity index (χ2v) is 10.4. The van der Waals surface area contributed by atoms with Crippen LogP contribution in [-0.4, -0.2) is 49.1 Å².